The first-order valence-corrected chi connectivity index (χ1v) is 12.2. The molecule has 0 aliphatic heterocycles. The normalized spacial score (nSPS) is 11.4. The van der Waals surface area contributed by atoms with Gasteiger partial charge in [-0.1, -0.05) is 60.6 Å². The van der Waals surface area contributed by atoms with E-state index in [9.17, 15) is 9.59 Å². The Balaban J connectivity index is 1.38. The average Bonchev–Trinajstić information content (AvgIpc) is 3.47. The lowest BCUT2D eigenvalue weighted by atomic mass is 10.1. The maximum Gasteiger partial charge on any atom is 0.278 e. The minimum absolute atomic E-state index is 0.0253. The van der Waals surface area contributed by atoms with Gasteiger partial charge in [-0.05, 0) is 30.9 Å². The number of rotatable bonds is 10. The second kappa shape index (κ2) is 10.6. The minimum Gasteiger partial charge on any atom is -0.355 e. The van der Waals surface area contributed by atoms with Crippen molar-refractivity contribution in [1.29, 1.82) is 0 Å². The summed E-state index contributed by atoms with van der Waals surface area (Å²) in [5.41, 5.74) is 2.72. The highest BCUT2D eigenvalue weighted by Gasteiger charge is 2.19. The smallest absolute Gasteiger partial charge is 0.278 e. The van der Waals surface area contributed by atoms with Crippen molar-refractivity contribution in [1.82, 2.24) is 29.6 Å². The van der Waals surface area contributed by atoms with E-state index in [4.69, 9.17) is 4.52 Å². The highest BCUT2D eigenvalue weighted by Crippen LogP contribution is 2.25. The van der Waals surface area contributed by atoms with Crippen LogP contribution in [0.4, 0.5) is 0 Å². The van der Waals surface area contributed by atoms with Crippen molar-refractivity contribution < 1.29 is 9.32 Å². The molecule has 3 aromatic heterocycles. The summed E-state index contributed by atoms with van der Waals surface area (Å²) < 4.78 is 8.50. The highest BCUT2D eigenvalue weighted by atomic mass is 16.5. The number of aromatic nitrogens is 5. The van der Waals surface area contributed by atoms with Gasteiger partial charge in [0, 0.05) is 18.4 Å². The zero-order valence-corrected chi connectivity index (χ0v) is 20.2. The van der Waals surface area contributed by atoms with Gasteiger partial charge in [0.25, 0.3) is 5.56 Å². The molecular formula is C27H28N6O3. The van der Waals surface area contributed by atoms with Gasteiger partial charge in [0.2, 0.25) is 11.8 Å². The molecule has 0 aliphatic carbocycles. The van der Waals surface area contributed by atoms with Crippen LogP contribution in [-0.4, -0.2) is 36.7 Å². The van der Waals surface area contributed by atoms with Gasteiger partial charge in [-0.25, -0.2) is 4.98 Å². The van der Waals surface area contributed by atoms with Gasteiger partial charge in [-0.2, -0.15) is 4.98 Å². The van der Waals surface area contributed by atoms with Crippen molar-refractivity contribution in [3.05, 3.63) is 88.6 Å². The molecule has 184 valence electrons. The lowest BCUT2D eigenvalue weighted by Crippen LogP contribution is -2.30. The Morgan fingerprint density at radius 2 is 1.86 bits per heavy atom. The van der Waals surface area contributed by atoms with Crippen LogP contribution in [0.25, 0.3) is 21.9 Å². The molecule has 5 aromatic rings. The average molecular weight is 485 g/mol. The third-order valence-electron chi connectivity index (χ3n) is 6.13. The SMILES string of the molecule is CCCc1noc(Cn2cnc3c4ccccc4n(CC(=O)NCCCc4ccccc4)c3c2=O)n1. The summed E-state index contributed by atoms with van der Waals surface area (Å²) in [6.45, 7) is 2.74. The summed E-state index contributed by atoms with van der Waals surface area (Å²) in [6, 6.07) is 17.8. The monoisotopic (exact) mass is 484 g/mol. The number of nitrogens with zero attached hydrogens (tertiary/aromatic N) is 5. The third-order valence-corrected chi connectivity index (χ3v) is 6.13. The summed E-state index contributed by atoms with van der Waals surface area (Å²) in [4.78, 5) is 35.3. The maximum absolute atomic E-state index is 13.5. The number of para-hydroxylation sites is 1. The van der Waals surface area contributed by atoms with Crippen LogP contribution in [-0.2, 0) is 30.7 Å². The topological polar surface area (TPSA) is 108 Å². The number of benzene rings is 2. The number of aryl methyl sites for hydroxylation is 2. The Morgan fingerprint density at radius 3 is 2.69 bits per heavy atom. The molecular weight excluding hydrogens is 456 g/mol. The first-order chi connectivity index (χ1) is 17.6. The Bertz CT molecular complexity index is 1550. The van der Waals surface area contributed by atoms with Gasteiger partial charge >= 0.3 is 0 Å². The predicted octanol–water partition coefficient (Wildman–Crippen LogP) is 3.48. The van der Waals surface area contributed by atoms with Crippen molar-refractivity contribution in [2.75, 3.05) is 6.54 Å². The van der Waals surface area contributed by atoms with Crippen molar-refractivity contribution in [2.24, 2.45) is 0 Å². The molecule has 0 saturated heterocycles. The number of nitrogens with one attached hydrogen (secondary N) is 1. The lowest BCUT2D eigenvalue weighted by Gasteiger charge is -2.09. The van der Waals surface area contributed by atoms with E-state index >= 15 is 0 Å². The molecule has 3 heterocycles. The van der Waals surface area contributed by atoms with Crippen molar-refractivity contribution in [3.63, 3.8) is 0 Å². The zero-order chi connectivity index (χ0) is 24.9. The summed E-state index contributed by atoms with van der Waals surface area (Å²) in [6.07, 6.45) is 4.84. The molecule has 0 bridgehead atoms. The second-order valence-corrected chi connectivity index (χ2v) is 8.77. The van der Waals surface area contributed by atoms with Crippen LogP contribution in [0.5, 0.6) is 0 Å². The third kappa shape index (κ3) is 4.91. The van der Waals surface area contributed by atoms with Crippen LogP contribution in [0.1, 0.15) is 37.0 Å². The van der Waals surface area contributed by atoms with Crippen molar-refractivity contribution >= 4 is 27.8 Å². The molecule has 9 heteroatoms. The molecule has 0 aliphatic rings. The van der Waals surface area contributed by atoms with Crippen LogP contribution in [0.15, 0.2) is 70.2 Å². The van der Waals surface area contributed by atoms with Crippen LogP contribution in [0.3, 0.4) is 0 Å². The Labute approximate surface area is 207 Å². The molecule has 36 heavy (non-hydrogen) atoms. The van der Waals surface area contributed by atoms with E-state index in [0.29, 0.717) is 35.7 Å². The molecule has 0 atom stereocenters. The van der Waals surface area contributed by atoms with Gasteiger partial charge in [-0.15, -0.1) is 0 Å². The quantitative estimate of drug-likeness (QED) is 0.304. The predicted molar refractivity (Wildman–Crippen MR) is 137 cm³/mol. The summed E-state index contributed by atoms with van der Waals surface area (Å²) in [5.74, 6) is 0.815. The Hall–Kier alpha value is -4.27. The van der Waals surface area contributed by atoms with Crippen LogP contribution in [0.2, 0.25) is 0 Å². The molecule has 0 saturated carbocycles. The van der Waals surface area contributed by atoms with Gasteiger partial charge in [0.1, 0.15) is 24.1 Å². The molecule has 0 unspecified atom stereocenters. The lowest BCUT2D eigenvalue weighted by molar-refractivity contribution is -0.121. The first kappa shape index (κ1) is 23.5. The summed E-state index contributed by atoms with van der Waals surface area (Å²) in [5, 5.41) is 7.78. The zero-order valence-electron chi connectivity index (χ0n) is 20.2. The molecule has 9 nitrogen and oxygen atoms in total. The second-order valence-electron chi connectivity index (χ2n) is 8.77. The fraction of sp³-hybridized carbons (Fsp3) is 0.296. The molecule has 0 spiro atoms. The van der Waals surface area contributed by atoms with E-state index in [1.54, 1.807) is 4.57 Å². The Kier molecular flexibility index (Phi) is 6.88. The van der Waals surface area contributed by atoms with E-state index in [1.165, 1.54) is 16.5 Å². The number of carbonyl (C=O) groups is 1. The van der Waals surface area contributed by atoms with E-state index in [0.717, 1.165) is 30.2 Å². The highest BCUT2D eigenvalue weighted by molar-refractivity contribution is 6.06. The van der Waals surface area contributed by atoms with Gasteiger partial charge < -0.3 is 14.4 Å². The number of fused-ring (bicyclic) bond motifs is 3. The van der Waals surface area contributed by atoms with Gasteiger partial charge in [0.05, 0.1) is 11.8 Å². The fourth-order valence-corrected chi connectivity index (χ4v) is 4.42. The number of hydrogen-bond acceptors (Lipinski definition) is 6. The van der Waals surface area contributed by atoms with E-state index in [2.05, 4.69) is 32.6 Å². The number of hydrogen-bond donors (Lipinski definition) is 1. The van der Waals surface area contributed by atoms with E-state index < -0.39 is 0 Å². The molecule has 2 aromatic carbocycles. The summed E-state index contributed by atoms with van der Waals surface area (Å²) in [7, 11) is 0. The van der Waals surface area contributed by atoms with Gasteiger partial charge in [-0.3, -0.25) is 14.2 Å². The van der Waals surface area contributed by atoms with Gasteiger partial charge in [0.15, 0.2) is 5.82 Å². The molecule has 5 rings (SSSR count). The maximum atomic E-state index is 13.5. The van der Waals surface area contributed by atoms with Crippen LogP contribution < -0.4 is 10.9 Å². The molecule has 0 fully saturated rings. The summed E-state index contributed by atoms with van der Waals surface area (Å²) >= 11 is 0. The van der Waals surface area contributed by atoms with Crippen LogP contribution >= 0.6 is 0 Å². The largest absolute Gasteiger partial charge is 0.355 e. The standard InChI is InChI=1S/C27H28N6O3/c1-2-9-22-30-24(36-31-22)17-32-18-29-25-20-13-6-7-14-21(20)33(26(25)27(32)35)16-23(34)28-15-8-12-19-10-4-3-5-11-19/h3-7,10-11,13-14,18H,2,8-9,12,15-17H2,1H3,(H,28,34). The molecule has 1 amide bonds. The molecule has 0 radical (unpaired) electrons. The minimum atomic E-state index is -0.261. The number of amides is 1. The van der Waals surface area contributed by atoms with E-state index in [-0.39, 0.29) is 24.6 Å². The van der Waals surface area contributed by atoms with Crippen molar-refractivity contribution in [3.8, 4) is 0 Å². The van der Waals surface area contributed by atoms with Crippen molar-refractivity contribution in [2.45, 2.75) is 45.7 Å². The molecule has 1 N–H and O–H groups in total. The van der Waals surface area contributed by atoms with E-state index in [1.807, 2.05) is 49.4 Å². The number of carbonyl (C=O) groups excluding carboxylic acids is 1. The van der Waals surface area contributed by atoms with Crippen LogP contribution in [0, 0.1) is 0 Å². The Morgan fingerprint density at radius 1 is 1.06 bits per heavy atom. The fourth-order valence-electron chi connectivity index (χ4n) is 4.42. The first-order valence-electron chi connectivity index (χ1n) is 12.2.